The number of ether oxygens (including phenoxy) is 6. The fourth-order valence-electron chi connectivity index (χ4n) is 1.40. The lowest BCUT2D eigenvalue weighted by Gasteiger charge is -2.23. The SMILES string of the molecule is C=C(C)C(=O)OCCOC(=O)OCC(C)(C)COC(=O)OCCOC(=O)C(=C)C. The summed E-state index contributed by atoms with van der Waals surface area (Å²) in [5.74, 6) is -1.16. The minimum Gasteiger partial charge on any atom is -0.459 e. The van der Waals surface area contributed by atoms with Crippen LogP contribution < -0.4 is 0 Å². The van der Waals surface area contributed by atoms with Gasteiger partial charge in [0.1, 0.15) is 39.6 Å². The van der Waals surface area contributed by atoms with E-state index in [1.165, 1.54) is 13.8 Å². The summed E-state index contributed by atoms with van der Waals surface area (Å²) in [5, 5.41) is 0. The Balaban J connectivity index is 3.93. The van der Waals surface area contributed by atoms with Gasteiger partial charge in [-0.25, -0.2) is 19.2 Å². The van der Waals surface area contributed by atoms with Gasteiger partial charge in [0.05, 0.1) is 0 Å². The van der Waals surface area contributed by atoms with Crippen LogP contribution in [0.15, 0.2) is 24.3 Å². The van der Waals surface area contributed by atoms with Crippen molar-refractivity contribution in [1.82, 2.24) is 0 Å². The molecule has 0 saturated heterocycles. The predicted molar refractivity (Wildman–Crippen MR) is 99.9 cm³/mol. The molecule has 0 aromatic carbocycles. The molecular weight excluding hydrogens is 388 g/mol. The van der Waals surface area contributed by atoms with Crippen LogP contribution in [0.2, 0.25) is 0 Å². The van der Waals surface area contributed by atoms with E-state index in [0.29, 0.717) is 0 Å². The molecule has 0 N–H and O–H groups in total. The molecule has 29 heavy (non-hydrogen) atoms. The molecule has 0 aliphatic heterocycles. The van der Waals surface area contributed by atoms with Gasteiger partial charge in [-0.05, 0) is 13.8 Å². The van der Waals surface area contributed by atoms with E-state index in [0.717, 1.165) is 0 Å². The first-order valence-corrected chi connectivity index (χ1v) is 8.69. The third-order valence-electron chi connectivity index (χ3n) is 2.93. The third-order valence-corrected chi connectivity index (χ3v) is 2.93. The molecule has 0 bridgehead atoms. The number of hydrogen-bond donors (Lipinski definition) is 0. The van der Waals surface area contributed by atoms with Crippen molar-refractivity contribution in [2.24, 2.45) is 5.41 Å². The average molecular weight is 416 g/mol. The molecule has 0 amide bonds. The smallest absolute Gasteiger partial charge is 0.459 e. The minimum absolute atomic E-state index is 0.0963. The highest BCUT2D eigenvalue weighted by Gasteiger charge is 2.24. The van der Waals surface area contributed by atoms with E-state index in [1.807, 2.05) is 0 Å². The summed E-state index contributed by atoms with van der Waals surface area (Å²) in [6.07, 6.45) is -1.90. The number of esters is 2. The van der Waals surface area contributed by atoms with Crippen molar-refractivity contribution in [2.75, 3.05) is 39.6 Å². The first-order chi connectivity index (χ1) is 13.4. The van der Waals surface area contributed by atoms with Crippen molar-refractivity contribution in [3.8, 4) is 0 Å². The zero-order valence-electron chi connectivity index (χ0n) is 17.2. The Bertz CT molecular complexity index is 568. The molecule has 0 radical (unpaired) electrons. The maximum atomic E-state index is 11.5. The highest BCUT2D eigenvalue weighted by atomic mass is 16.7. The van der Waals surface area contributed by atoms with E-state index >= 15 is 0 Å². The van der Waals surface area contributed by atoms with E-state index in [-0.39, 0.29) is 50.8 Å². The van der Waals surface area contributed by atoms with Crippen molar-refractivity contribution in [1.29, 1.82) is 0 Å². The summed E-state index contributed by atoms with van der Waals surface area (Å²) in [5.41, 5.74) is -0.238. The van der Waals surface area contributed by atoms with Crippen LogP contribution in [0, 0.1) is 5.41 Å². The normalized spacial score (nSPS) is 10.3. The van der Waals surface area contributed by atoms with Gasteiger partial charge in [-0.3, -0.25) is 0 Å². The lowest BCUT2D eigenvalue weighted by atomic mass is 9.96. The van der Waals surface area contributed by atoms with Crippen LogP contribution in [0.25, 0.3) is 0 Å². The minimum atomic E-state index is -0.952. The molecule has 0 rings (SSSR count). The van der Waals surface area contributed by atoms with Crippen LogP contribution in [0.1, 0.15) is 27.7 Å². The van der Waals surface area contributed by atoms with E-state index in [1.54, 1.807) is 13.8 Å². The number of carbonyl (C=O) groups is 4. The van der Waals surface area contributed by atoms with Crippen molar-refractivity contribution in [2.45, 2.75) is 27.7 Å². The van der Waals surface area contributed by atoms with Crippen molar-refractivity contribution >= 4 is 24.2 Å². The molecule has 0 aliphatic carbocycles. The van der Waals surface area contributed by atoms with Crippen LogP contribution >= 0.6 is 0 Å². The van der Waals surface area contributed by atoms with Gasteiger partial charge < -0.3 is 28.4 Å². The number of carbonyl (C=O) groups excluding carboxylic acids is 4. The van der Waals surface area contributed by atoms with E-state index in [9.17, 15) is 19.2 Å². The molecule has 0 aromatic rings. The summed E-state index contributed by atoms with van der Waals surface area (Å²) < 4.78 is 28.9. The quantitative estimate of drug-likeness (QED) is 0.203. The van der Waals surface area contributed by atoms with Gasteiger partial charge >= 0.3 is 24.2 Å². The van der Waals surface area contributed by atoms with Crippen molar-refractivity contribution < 1.29 is 47.6 Å². The Hall–Kier alpha value is -3.04. The maximum absolute atomic E-state index is 11.5. The van der Waals surface area contributed by atoms with E-state index < -0.39 is 29.7 Å². The average Bonchev–Trinajstić information content (AvgIpc) is 2.64. The second kappa shape index (κ2) is 13.2. The van der Waals surface area contributed by atoms with E-state index in [4.69, 9.17) is 28.4 Å². The van der Waals surface area contributed by atoms with Gasteiger partial charge in [0.2, 0.25) is 0 Å². The van der Waals surface area contributed by atoms with Gasteiger partial charge in [0.15, 0.2) is 0 Å². The van der Waals surface area contributed by atoms with Gasteiger partial charge in [0, 0.05) is 16.6 Å². The summed E-state index contributed by atoms with van der Waals surface area (Å²) in [7, 11) is 0. The Kier molecular flexibility index (Phi) is 11.8. The highest BCUT2D eigenvalue weighted by Crippen LogP contribution is 2.16. The lowest BCUT2D eigenvalue weighted by molar-refractivity contribution is -0.140. The van der Waals surface area contributed by atoms with Crippen molar-refractivity contribution in [3.63, 3.8) is 0 Å². The first kappa shape index (κ1) is 26.0. The molecule has 164 valence electrons. The van der Waals surface area contributed by atoms with Crippen LogP contribution in [0.5, 0.6) is 0 Å². The molecule has 10 nitrogen and oxygen atoms in total. The molecule has 0 unspecified atom stereocenters. The molecule has 0 aromatic heterocycles. The third kappa shape index (κ3) is 13.7. The summed E-state index contributed by atoms with van der Waals surface area (Å²) in [4.78, 5) is 45.3. The van der Waals surface area contributed by atoms with Crippen LogP contribution in [-0.2, 0) is 38.0 Å². The van der Waals surface area contributed by atoms with Crippen LogP contribution in [-0.4, -0.2) is 63.9 Å². The topological polar surface area (TPSA) is 124 Å². The molecule has 0 saturated carbocycles. The molecule has 0 aliphatic rings. The first-order valence-electron chi connectivity index (χ1n) is 8.69. The molecule has 0 atom stereocenters. The molecule has 0 fully saturated rings. The van der Waals surface area contributed by atoms with E-state index in [2.05, 4.69) is 13.2 Å². The number of hydrogen-bond acceptors (Lipinski definition) is 10. The molecule has 10 heteroatoms. The Morgan fingerprint density at radius 3 is 1.24 bits per heavy atom. The zero-order valence-corrected chi connectivity index (χ0v) is 17.2. The summed E-state index contributed by atoms with van der Waals surface area (Å²) >= 11 is 0. The summed E-state index contributed by atoms with van der Waals surface area (Å²) in [6, 6.07) is 0. The number of rotatable bonds is 12. The molecular formula is C19H28O10. The van der Waals surface area contributed by atoms with Gasteiger partial charge in [-0.2, -0.15) is 0 Å². The van der Waals surface area contributed by atoms with Crippen LogP contribution in [0.4, 0.5) is 9.59 Å². The van der Waals surface area contributed by atoms with Gasteiger partial charge in [0.25, 0.3) is 0 Å². The standard InChI is InChI=1S/C19H28O10/c1-13(2)15(20)24-7-9-26-17(22)28-11-19(5,6)12-29-18(23)27-10-8-25-16(21)14(3)4/h1,3,7-12H2,2,4-6H3. The maximum Gasteiger partial charge on any atom is 0.508 e. The van der Waals surface area contributed by atoms with Crippen molar-refractivity contribution in [3.05, 3.63) is 24.3 Å². The van der Waals surface area contributed by atoms with Gasteiger partial charge in [-0.15, -0.1) is 0 Å². The Morgan fingerprint density at radius 2 is 0.931 bits per heavy atom. The Morgan fingerprint density at radius 1 is 0.621 bits per heavy atom. The second-order valence-electron chi connectivity index (χ2n) is 6.77. The second-order valence-corrected chi connectivity index (χ2v) is 6.77. The fourth-order valence-corrected chi connectivity index (χ4v) is 1.40. The monoisotopic (exact) mass is 416 g/mol. The molecule has 0 heterocycles. The van der Waals surface area contributed by atoms with Gasteiger partial charge in [-0.1, -0.05) is 27.0 Å². The lowest BCUT2D eigenvalue weighted by Crippen LogP contribution is -2.29. The Labute approximate surface area is 169 Å². The largest absolute Gasteiger partial charge is 0.508 e. The van der Waals surface area contributed by atoms with Crippen LogP contribution in [0.3, 0.4) is 0 Å². The zero-order chi connectivity index (χ0) is 22.4. The fraction of sp³-hybridized carbons (Fsp3) is 0.579. The highest BCUT2D eigenvalue weighted by molar-refractivity contribution is 5.87. The predicted octanol–water partition coefficient (Wildman–Crippen LogP) is 2.56. The molecule has 0 spiro atoms. The summed E-state index contributed by atoms with van der Waals surface area (Å²) in [6.45, 7) is 12.4.